The zero-order valence-corrected chi connectivity index (χ0v) is 14.5. The Kier molecular flexibility index (Phi) is 5.44. The normalized spacial score (nSPS) is 16.9. The van der Waals surface area contributed by atoms with E-state index in [2.05, 4.69) is 10.4 Å². The van der Waals surface area contributed by atoms with Crippen molar-refractivity contribution in [2.24, 2.45) is 0 Å². The van der Waals surface area contributed by atoms with Crippen LogP contribution in [0.2, 0.25) is 10.0 Å². The molecule has 0 spiro atoms. The molecule has 0 aliphatic carbocycles. The van der Waals surface area contributed by atoms with Gasteiger partial charge in [0.25, 0.3) is 12.3 Å². The highest BCUT2D eigenvalue weighted by Crippen LogP contribution is 2.40. The summed E-state index contributed by atoms with van der Waals surface area (Å²) in [5.74, 6) is 0.0112. The molecule has 0 bridgehead atoms. The molecule has 0 saturated carbocycles. The lowest BCUT2D eigenvalue weighted by molar-refractivity contribution is 0.0924. The largest absolute Gasteiger partial charge is 0.492 e. The maximum atomic E-state index is 12.4. The zero-order chi connectivity index (χ0) is 18.0. The topological polar surface area (TPSA) is 56.1 Å². The fourth-order valence-electron chi connectivity index (χ4n) is 2.69. The van der Waals surface area contributed by atoms with Gasteiger partial charge in [-0.3, -0.25) is 9.48 Å². The van der Waals surface area contributed by atoms with Gasteiger partial charge in [0.1, 0.15) is 23.0 Å². The van der Waals surface area contributed by atoms with Crippen molar-refractivity contribution in [1.82, 2.24) is 15.1 Å². The Balaban J connectivity index is 1.80. The van der Waals surface area contributed by atoms with E-state index in [1.54, 1.807) is 12.1 Å². The number of ether oxygens (including phenoxy) is 1. The number of halogens is 4. The summed E-state index contributed by atoms with van der Waals surface area (Å²) < 4.78 is 31.5. The van der Waals surface area contributed by atoms with E-state index in [0.717, 1.165) is 10.2 Å². The molecule has 1 aliphatic heterocycles. The lowest BCUT2D eigenvalue weighted by Gasteiger charge is -2.19. The summed E-state index contributed by atoms with van der Waals surface area (Å²) in [6, 6.07) is 4.48. The summed E-state index contributed by atoms with van der Waals surface area (Å²) in [6.45, 7) is -0.0933. The van der Waals surface area contributed by atoms with E-state index in [1.165, 1.54) is 12.3 Å². The third-order valence-electron chi connectivity index (χ3n) is 3.84. The number of nitrogens with one attached hydrogen (secondary N) is 1. The molecule has 2 heterocycles. The van der Waals surface area contributed by atoms with Crippen LogP contribution in [-0.4, -0.2) is 28.7 Å². The quantitative estimate of drug-likeness (QED) is 0.856. The molecule has 1 atom stereocenters. The Labute approximate surface area is 152 Å². The Morgan fingerprint density at radius 1 is 1.40 bits per heavy atom. The fraction of sp³-hybridized carbons (Fsp3) is 0.375. The first-order valence-electron chi connectivity index (χ1n) is 7.69. The van der Waals surface area contributed by atoms with Crippen molar-refractivity contribution in [3.63, 3.8) is 0 Å². The standard InChI is InChI=1S/C16H15Cl2F2N3O2/c17-10-4-3-9-11(2-1-7-25-15(9)14(10)18)21-16(24)12-5-6-23(22-12)8-13(19)20/h3-6,11,13H,1-2,7-8H2,(H,21,24). The van der Waals surface area contributed by atoms with Crippen LogP contribution in [0.5, 0.6) is 5.75 Å². The minimum atomic E-state index is -2.53. The van der Waals surface area contributed by atoms with E-state index in [-0.39, 0.29) is 11.7 Å². The summed E-state index contributed by atoms with van der Waals surface area (Å²) in [5, 5.41) is 7.41. The van der Waals surface area contributed by atoms with Gasteiger partial charge in [-0.15, -0.1) is 0 Å². The van der Waals surface area contributed by atoms with Gasteiger partial charge in [0.2, 0.25) is 0 Å². The smallest absolute Gasteiger partial charge is 0.272 e. The molecule has 1 N–H and O–H groups in total. The number of carbonyl (C=O) groups is 1. The number of rotatable bonds is 4. The van der Waals surface area contributed by atoms with Gasteiger partial charge >= 0.3 is 0 Å². The second kappa shape index (κ2) is 7.58. The highest BCUT2D eigenvalue weighted by Gasteiger charge is 2.25. The van der Waals surface area contributed by atoms with Gasteiger partial charge in [-0.05, 0) is 25.0 Å². The predicted octanol–water partition coefficient (Wildman–Crippen LogP) is 4.10. The number of amides is 1. The molecular weight excluding hydrogens is 375 g/mol. The van der Waals surface area contributed by atoms with Crippen LogP contribution in [0.1, 0.15) is 34.9 Å². The molecule has 0 radical (unpaired) electrons. The molecule has 1 aliphatic rings. The molecule has 0 saturated heterocycles. The Morgan fingerprint density at radius 2 is 2.20 bits per heavy atom. The maximum absolute atomic E-state index is 12.4. The Morgan fingerprint density at radius 3 is 2.96 bits per heavy atom. The van der Waals surface area contributed by atoms with Crippen molar-refractivity contribution in [1.29, 1.82) is 0 Å². The van der Waals surface area contributed by atoms with Crippen LogP contribution in [0.25, 0.3) is 0 Å². The number of benzene rings is 1. The summed E-state index contributed by atoms with van der Waals surface area (Å²) in [7, 11) is 0. The Bertz CT molecular complexity index is 783. The first-order valence-corrected chi connectivity index (χ1v) is 8.44. The zero-order valence-electron chi connectivity index (χ0n) is 13.0. The average Bonchev–Trinajstić information content (AvgIpc) is 2.92. The van der Waals surface area contributed by atoms with E-state index >= 15 is 0 Å². The molecule has 1 aromatic carbocycles. The number of aromatic nitrogens is 2. The first-order chi connectivity index (χ1) is 12.0. The van der Waals surface area contributed by atoms with Crippen molar-refractivity contribution < 1.29 is 18.3 Å². The fourth-order valence-corrected chi connectivity index (χ4v) is 3.07. The highest BCUT2D eigenvalue weighted by atomic mass is 35.5. The summed E-state index contributed by atoms with van der Waals surface area (Å²) >= 11 is 12.2. The van der Waals surface area contributed by atoms with Crippen molar-refractivity contribution in [2.45, 2.75) is 31.9 Å². The third kappa shape index (κ3) is 4.04. The number of hydrogen-bond donors (Lipinski definition) is 1. The molecule has 5 nitrogen and oxygen atoms in total. The Hall–Kier alpha value is -1.86. The van der Waals surface area contributed by atoms with Crippen molar-refractivity contribution in [2.75, 3.05) is 6.61 Å². The minimum absolute atomic E-state index is 0.0763. The van der Waals surface area contributed by atoms with Gasteiger partial charge in [0.15, 0.2) is 0 Å². The molecule has 1 amide bonds. The van der Waals surface area contributed by atoms with Gasteiger partial charge in [0.05, 0.1) is 17.7 Å². The monoisotopic (exact) mass is 389 g/mol. The summed E-state index contributed by atoms with van der Waals surface area (Å²) in [6.07, 6.45) is 0.178. The van der Waals surface area contributed by atoms with E-state index in [4.69, 9.17) is 27.9 Å². The molecule has 1 unspecified atom stereocenters. The SMILES string of the molecule is O=C(NC1CCCOc2c1ccc(Cl)c2Cl)c1ccn(CC(F)F)n1. The van der Waals surface area contributed by atoms with E-state index < -0.39 is 18.9 Å². The first kappa shape index (κ1) is 17.9. The van der Waals surface area contributed by atoms with Crippen LogP contribution in [0.3, 0.4) is 0 Å². The van der Waals surface area contributed by atoms with Crippen molar-refractivity contribution in [3.05, 3.63) is 45.7 Å². The number of hydrogen-bond acceptors (Lipinski definition) is 3. The second-order valence-electron chi connectivity index (χ2n) is 5.61. The average molecular weight is 390 g/mol. The van der Waals surface area contributed by atoms with Gasteiger partial charge < -0.3 is 10.1 Å². The second-order valence-corrected chi connectivity index (χ2v) is 6.40. The predicted molar refractivity (Wildman–Crippen MR) is 89.6 cm³/mol. The van der Waals surface area contributed by atoms with Gasteiger partial charge in [-0.2, -0.15) is 5.10 Å². The number of fused-ring (bicyclic) bond motifs is 1. The van der Waals surface area contributed by atoms with Gasteiger partial charge in [0, 0.05) is 11.8 Å². The van der Waals surface area contributed by atoms with Crippen molar-refractivity contribution in [3.8, 4) is 5.75 Å². The van der Waals surface area contributed by atoms with E-state index in [0.29, 0.717) is 35.2 Å². The summed E-state index contributed by atoms with van der Waals surface area (Å²) in [4.78, 5) is 12.4. The molecular formula is C16H15Cl2F2N3O2. The molecule has 9 heteroatoms. The van der Waals surface area contributed by atoms with Crippen LogP contribution in [0.15, 0.2) is 24.4 Å². The number of carbonyl (C=O) groups excluding carboxylic acids is 1. The van der Waals surface area contributed by atoms with Gasteiger partial charge in [-0.1, -0.05) is 29.3 Å². The third-order valence-corrected chi connectivity index (χ3v) is 4.63. The number of nitrogens with zero attached hydrogens (tertiary/aromatic N) is 2. The molecule has 3 rings (SSSR count). The molecule has 25 heavy (non-hydrogen) atoms. The molecule has 1 aromatic heterocycles. The molecule has 2 aromatic rings. The van der Waals surface area contributed by atoms with E-state index in [9.17, 15) is 13.6 Å². The highest BCUT2D eigenvalue weighted by molar-refractivity contribution is 6.43. The molecule has 0 fully saturated rings. The van der Waals surface area contributed by atoms with Crippen LogP contribution in [0.4, 0.5) is 8.78 Å². The van der Waals surface area contributed by atoms with Crippen LogP contribution >= 0.6 is 23.2 Å². The summed E-state index contributed by atoms with van der Waals surface area (Å²) in [5.41, 5.74) is 0.805. The maximum Gasteiger partial charge on any atom is 0.272 e. The lowest BCUT2D eigenvalue weighted by Crippen LogP contribution is -2.29. The van der Waals surface area contributed by atoms with Gasteiger partial charge in [-0.25, -0.2) is 8.78 Å². The number of alkyl halides is 2. The minimum Gasteiger partial charge on any atom is -0.492 e. The van der Waals surface area contributed by atoms with Crippen LogP contribution in [-0.2, 0) is 6.54 Å². The van der Waals surface area contributed by atoms with Crippen LogP contribution in [0, 0.1) is 0 Å². The molecule has 134 valence electrons. The van der Waals surface area contributed by atoms with E-state index in [1.807, 2.05) is 0 Å². The lowest BCUT2D eigenvalue weighted by atomic mass is 10.0. The van der Waals surface area contributed by atoms with Crippen LogP contribution < -0.4 is 10.1 Å². The van der Waals surface area contributed by atoms with Crippen molar-refractivity contribution >= 4 is 29.1 Å².